The van der Waals surface area contributed by atoms with E-state index in [1.165, 1.54) is 14.2 Å². The average Bonchev–Trinajstić information content (AvgIpc) is 3.18. The van der Waals surface area contributed by atoms with Crippen LogP contribution in [0.15, 0.2) is 47.6 Å². The van der Waals surface area contributed by atoms with Crippen molar-refractivity contribution in [3.63, 3.8) is 0 Å². The first-order chi connectivity index (χ1) is 11.1. The van der Waals surface area contributed by atoms with Crippen LogP contribution < -0.4 is 4.74 Å². The van der Waals surface area contributed by atoms with Gasteiger partial charge in [-0.3, -0.25) is 0 Å². The summed E-state index contributed by atoms with van der Waals surface area (Å²) >= 11 is 0. The van der Waals surface area contributed by atoms with Gasteiger partial charge in [-0.15, -0.1) is 0 Å². The van der Waals surface area contributed by atoms with Gasteiger partial charge in [-0.25, -0.2) is 9.59 Å². The summed E-state index contributed by atoms with van der Waals surface area (Å²) in [5, 5.41) is 0. The largest absolute Gasteiger partial charge is 0.497 e. The second-order valence-corrected chi connectivity index (χ2v) is 5.13. The number of carbonyl (C=O) groups excluding carboxylic acids is 2. The quantitative estimate of drug-likeness (QED) is 0.619. The lowest BCUT2D eigenvalue weighted by atomic mass is 9.81. The smallest absolute Gasteiger partial charge is 0.338 e. The highest BCUT2D eigenvalue weighted by Crippen LogP contribution is 2.50. The summed E-state index contributed by atoms with van der Waals surface area (Å²) in [6.07, 6.45) is 2.87. The van der Waals surface area contributed by atoms with Crippen LogP contribution in [0.2, 0.25) is 0 Å². The van der Waals surface area contributed by atoms with E-state index in [0.29, 0.717) is 11.3 Å². The van der Waals surface area contributed by atoms with Crippen LogP contribution in [0.25, 0.3) is 0 Å². The zero-order valence-electron chi connectivity index (χ0n) is 13.0. The summed E-state index contributed by atoms with van der Waals surface area (Å²) in [7, 11) is 4.10. The molecular formula is C17H16O6. The second kappa shape index (κ2) is 5.55. The maximum absolute atomic E-state index is 12.3. The fourth-order valence-electron chi connectivity index (χ4n) is 2.98. The molecule has 0 N–H and O–H groups in total. The van der Waals surface area contributed by atoms with Gasteiger partial charge < -0.3 is 18.9 Å². The van der Waals surface area contributed by atoms with E-state index in [0.717, 1.165) is 0 Å². The number of ether oxygens (including phenoxy) is 4. The molecule has 0 fully saturated rings. The van der Waals surface area contributed by atoms with Crippen molar-refractivity contribution in [1.82, 2.24) is 0 Å². The van der Waals surface area contributed by atoms with Gasteiger partial charge in [-0.1, -0.05) is 18.2 Å². The third-order valence-electron chi connectivity index (χ3n) is 4.06. The van der Waals surface area contributed by atoms with E-state index in [1.54, 1.807) is 43.5 Å². The molecule has 0 aliphatic carbocycles. The van der Waals surface area contributed by atoms with Crippen LogP contribution >= 0.6 is 0 Å². The van der Waals surface area contributed by atoms with E-state index in [2.05, 4.69) is 0 Å². The van der Waals surface area contributed by atoms with Gasteiger partial charge in [-0.2, -0.15) is 0 Å². The van der Waals surface area contributed by atoms with Crippen molar-refractivity contribution in [3.05, 3.63) is 53.1 Å². The van der Waals surface area contributed by atoms with E-state index >= 15 is 0 Å². The highest BCUT2D eigenvalue weighted by molar-refractivity contribution is 6.05. The second-order valence-electron chi connectivity index (χ2n) is 5.13. The Balaban J connectivity index is 2.15. The predicted molar refractivity (Wildman–Crippen MR) is 79.7 cm³/mol. The summed E-state index contributed by atoms with van der Waals surface area (Å²) in [4.78, 5) is 24.4. The molecule has 0 radical (unpaired) electrons. The topological polar surface area (TPSA) is 71.1 Å². The molecule has 0 saturated heterocycles. The van der Waals surface area contributed by atoms with E-state index < -0.39 is 23.6 Å². The Kier molecular flexibility index (Phi) is 3.69. The maximum atomic E-state index is 12.3. The zero-order valence-corrected chi connectivity index (χ0v) is 13.0. The van der Waals surface area contributed by atoms with Crippen molar-refractivity contribution < 1.29 is 28.5 Å². The monoisotopic (exact) mass is 316 g/mol. The molecule has 2 aliphatic heterocycles. The predicted octanol–water partition coefficient (Wildman–Crippen LogP) is 1.50. The molecule has 0 aromatic heterocycles. The molecule has 23 heavy (non-hydrogen) atoms. The van der Waals surface area contributed by atoms with Crippen molar-refractivity contribution >= 4 is 11.9 Å². The Hall–Kier alpha value is -2.60. The molecule has 0 unspecified atom stereocenters. The average molecular weight is 316 g/mol. The van der Waals surface area contributed by atoms with E-state index in [4.69, 9.17) is 18.9 Å². The van der Waals surface area contributed by atoms with Crippen molar-refractivity contribution in [2.24, 2.45) is 0 Å². The van der Waals surface area contributed by atoms with Gasteiger partial charge in [0, 0.05) is 0 Å². The number of methoxy groups -OCH3 is 3. The zero-order chi connectivity index (χ0) is 16.6. The lowest BCUT2D eigenvalue weighted by Gasteiger charge is -2.26. The van der Waals surface area contributed by atoms with Gasteiger partial charge in [0.2, 0.25) is 0 Å². The van der Waals surface area contributed by atoms with Crippen molar-refractivity contribution in [1.29, 1.82) is 0 Å². The molecule has 0 amide bonds. The Labute approximate surface area is 133 Å². The normalized spacial score (nSPS) is 24.7. The Morgan fingerprint density at radius 3 is 2.26 bits per heavy atom. The van der Waals surface area contributed by atoms with Crippen LogP contribution in [-0.2, 0) is 29.4 Å². The standard InChI is InChI=1S/C17H16O6/c1-20-11-6-4-10(5-7-11)17-9-8-12(23-17)13(15(18)21-2)14(17)16(19)22-3/h4-9,12H,1-3H3/t12-,17-/m0/s1. The molecule has 3 rings (SSSR count). The van der Waals surface area contributed by atoms with Crippen LogP contribution in [0.3, 0.4) is 0 Å². The van der Waals surface area contributed by atoms with Gasteiger partial charge >= 0.3 is 11.9 Å². The lowest BCUT2D eigenvalue weighted by molar-refractivity contribution is -0.139. The SMILES string of the molecule is COC(=O)C1=C(C(=O)OC)[C@@]2(c3ccc(OC)cc3)C=C[C@@H]1O2. The summed E-state index contributed by atoms with van der Waals surface area (Å²) in [6.45, 7) is 0. The van der Waals surface area contributed by atoms with E-state index in [9.17, 15) is 9.59 Å². The molecule has 2 bridgehead atoms. The first kappa shape index (κ1) is 15.3. The minimum Gasteiger partial charge on any atom is -0.497 e. The molecule has 2 aliphatic rings. The molecule has 2 atom stereocenters. The summed E-state index contributed by atoms with van der Waals surface area (Å²) < 4.78 is 20.8. The number of fused-ring (bicyclic) bond motifs is 2. The summed E-state index contributed by atoms with van der Waals surface area (Å²) in [5.41, 5.74) is -0.105. The molecule has 1 aromatic rings. The van der Waals surface area contributed by atoms with Gasteiger partial charge in [0.25, 0.3) is 0 Å². The highest BCUT2D eigenvalue weighted by Gasteiger charge is 2.55. The number of rotatable bonds is 4. The summed E-state index contributed by atoms with van der Waals surface area (Å²) in [6, 6.07) is 7.10. The molecule has 0 saturated carbocycles. The first-order valence-electron chi connectivity index (χ1n) is 7.00. The van der Waals surface area contributed by atoms with E-state index in [-0.39, 0.29) is 11.1 Å². The molecule has 6 heteroatoms. The number of benzene rings is 1. The van der Waals surface area contributed by atoms with E-state index in [1.807, 2.05) is 0 Å². The van der Waals surface area contributed by atoms with Crippen molar-refractivity contribution in [3.8, 4) is 5.75 Å². The number of hydrogen-bond acceptors (Lipinski definition) is 6. The molecular weight excluding hydrogens is 300 g/mol. The maximum Gasteiger partial charge on any atom is 0.338 e. The third-order valence-corrected chi connectivity index (χ3v) is 4.06. The molecule has 2 heterocycles. The lowest BCUT2D eigenvalue weighted by Crippen LogP contribution is -2.30. The molecule has 1 aromatic carbocycles. The van der Waals surface area contributed by atoms with Crippen LogP contribution in [0.4, 0.5) is 0 Å². The number of hydrogen-bond donors (Lipinski definition) is 0. The number of esters is 2. The third kappa shape index (κ3) is 2.14. The van der Waals surface area contributed by atoms with Gasteiger partial charge in [0.05, 0.1) is 32.5 Å². The molecule has 120 valence electrons. The Morgan fingerprint density at radius 1 is 1.04 bits per heavy atom. The molecule has 0 spiro atoms. The first-order valence-corrected chi connectivity index (χ1v) is 7.00. The number of carbonyl (C=O) groups is 2. The van der Waals surface area contributed by atoms with Crippen LogP contribution in [0.5, 0.6) is 5.75 Å². The van der Waals surface area contributed by atoms with Crippen LogP contribution in [0.1, 0.15) is 5.56 Å². The van der Waals surface area contributed by atoms with Crippen LogP contribution in [0, 0.1) is 0 Å². The minimum atomic E-state index is -1.15. The minimum absolute atomic E-state index is 0.157. The Morgan fingerprint density at radius 2 is 1.70 bits per heavy atom. The fraction of sp³-hybridized carbons (Fsp3) is 0.294. The van der Waals surface area contributed by atoms with Crippen LogP contribution in [-0.4, -0.2) is 39.4 Å². The van der Waals surface area contributed by atoms with Crippen molar-refractivity contribution in [2.45, 2.75) is 11.7 Å². The fourth-order valence-corrected chi connectivity index (χ4v) is 2.98. The molecule has 6 nitrogen and oxygen atoms in total. The van der Waals surface area contributed by atoms with Crippen molar-refractivity contribution in [2.75, 3.05) is 21.3 Å². The van der Waals surface area contributed by atoms with Gasteiger partial charge in [0.1, 0.15) is 17.5 Å². The highest BCUT2D eigenvalue weighted by atomic mass is 16.6. The van der Waals surface area contributed by atoms with Gasteiger partial charge in [0.15, 0.2) is 0 Å². The summed E-state index contributed by atoms with van der Waals surface area (Å²) in [5.74, 6) is -0.540. The Bertz CT molecular complexity index is 715. The van der Waals surface area contributed by atoms with Gasteiger partial charge in [-0.05, 0) is 23.8 Å².